The Hall–Kier alpha value is -3.48. The number of fused-ring (bicyclic) bond motifs is 1. The van der Waals surface area contributed by atoms with Crippen LogP contribution in [-0.2, 0) is 17.9 Å². The van der Waals surface area contributed by atoms with Gasteiger partial charge >= 0.3 is 0 Å². The van der Waals surface area contributed by atoms with Gasteiger partial charge in [0.2, 0.25) is 11.8 Å². The number of hydrogen-bond acceptors (Lipinski definition) is 8. The van der Waals surface area contributed by atoms with E-state index in [4.69, 9.17) is 4.42 Å². The molecule has 2 aliphatic rings. The van der Waals surface area contributed by atoms with Crippen molar-refractivity contribution in [2.75, 3.05) is 13.1 Å². The minimum Gasteiger partial charge on any atom is -0.451 e. The lowest BCUT2D eigenvalue weighted by atomic mass is 9.75. The van der Waals surface area contributed by atoms with Crippen molar-refractivity contribution in [3.8, 4) is 10.4 Å². The Bertz CT molecular complexity index is 1590. The average Bonchev–Trinajstić information content (AvgIpc) is 3.65. The Kier molecular flexibility index (Phi) is 7.25. The SMILES string of the molecule is O=C([C@@H]1CCC(F)(F)C[C@H]1c1cocn1)N1CCC(O)(Cn2cnc3c(-c4ccc(CO)cc4)scc3c2=O)CC1. The molecule has 1 saturated carbocycles. The van der Waals surface area contributed by atoms with Gasteiger partial charge in [0.25, 0.3) is 5.56 Å². The van der Waals surface area contributed by atoms with Gasteiger partial charge in [-0.05, 0) is 30.4 Å². The third-order valence-corrected chi connectivity index (χ3v) is 9.44. The molecule has 3 aromatic heterocycles. The predicted octanol–water partition coefficient (Wildman–Crippen LogP) is 4.18. The highest BCUT2D eigenvalue weighted by Gasteiger charge is 2.47. The summed E-state index contributed by atoms with van der Waals surface area (Å²) in [5.74, 6) is -4.44. The zero-order valence-electron chi connectivity index (χ0n) is 22.2. The molecular formula is C29H30F2N4O5S. The monoisotopic (exact) mass is 584 g/mol. The second-order valence-corrected chi connectivity index (χ2v) is 12.0. The quantitative estimate of drug-likeness (QED) is 0.349. The van der Waals surface area contributed by atoms with Crippen molar-refractivity contribution >= 4 is 28.1 Å². The van der Waals surface area contributed by atoms with Crippen LogP contribution >= 0.6 is 11.3 Å². The summed E-state index contributed by atoms with van der Waals surface area (Å²) in [7, 11) is 0. The van der Waals surface area contributed by atoms with Gasteiger partial charge in [-0.15, -0.1) is 11.3 Å². The summed E-state index contributed by atoms with van der Waals surface area (Å²) in [6.45, 7) is 0.492. The number of halogens is 2. The number of piperidine rings is 1. The van der Waals surface area contributed by atoms with Gasteiger partial charge in [-0.3, -0.25) is 14.2 Å². The van der Waals surface area contributed by atoms with Crippen molar-refractivity contribution < 1.29 is 28.2 Å². The number of oxazole rings is 1. The van der Waals surface area contributed by atoms with Gasteiger partial charge in [0.1, 0.15) is 6.26 Å². The fraction of sp³-hybridized carbons (Fsp3) is 0.448. The summed E-state index contributed by atoms with van der Waals surface area (Å²) in [6.07, 6.45) is 3.69. The molecule has 2 atom stereocenters. The molecular weight excluding hydrogens is 554 g/mol. The first kappa shape index (κ1) is 27.7. The Morgan fingerprint density at radius 1 is 1.15 bits per heavy atom. The minimum atomic E-state index is -2.86. The van der Waals surface area contributed by atoms with Gasteiger partial charge in [0.15, 0.2) is 6.39 Å². The number of carbonyl (C=O) groups is 1. The van der Waals surface area contributed by atoms with Crippen LogP contribution in [0, 0.1) is 5.92 Å². The third-order valence-electron chi connectivity index (χ3n) is 8.43. The maximum atomic E-state index is 14.2. The van der Waals surface area contributed by atoms with Crippen molar-refractivity contribution in [3.05, 3.63) is 70.2 Å². The van der Waals surface area contributed by atoms with E-state index in [1.54, 1.807) is 10.3 Å². The molecule has 1 aromatic carbocycles. The normalized spacial score (nSPS) is 22.2. The van der Waals surface area contributed by atoms with E-state index in [0.29, 0.717) is 16.6 Å². The van der Waals surface area contributed by atoms with Crippen LogP contribution in [0.2, 0.25) is 0 Å². The number of carbonyl (C=O) groups excluding carboxylic acids is 1. The van der Waals surface area contributed by atoms with Crippen molar-refractivity contribution in [1.82, 2.24) is 19.4 Å². The molecule has 0 radical (unpaired) electrons. The molecule has 2 fully saturated rings. The topological polar surface area (TPSA) is 122 Å². The molecule has 0 bridgehead atoms. The fourth-order valence-electron chi connectivity index (χ4n) is 6.04. The summed E-state index contributed by atoms with van der Waals surface area (Å²) in [5.41, 5.74) is 1.16. The first-order valence-corrected chi connectivity index (χ1v) is 14.5. The lowest BCUT2D eigenvalue weighted by molar-refractivity contribution is -0.145. The number of thiophene rings is 1. The van der Waals surface area contributed by atoms with Crippen molar-refractivity contribution in [2.24, 2.45) is 5.92 Å². The zero-order chi connectivity index (χ0) is 28.8. The second-order valence-electron chi connectivity index (χ2n) is 11.1. The van der Waals surface area contributed by atoms with E-state index in [1.807, 2.05) is 24.3 Å². The molecule has 1 saturated heterocycles. The van der Waals surface area contributed by atoms with E-state index >= 15 is 0 Å². The number of aliphatic hydroxyl groups is 2. The molecule has 41 heavy (non-hydrogen) atoms. The number of alkyl halides is 2. The lowest BCUT2D eigenvalue weighted by Gasteiger charge is -2.42. The molecule has 1 aliphatic heterocycles. The lowest BCUT2D eigenvalue weighted by Crippen LogP contribution is -2.52. The molecule has 216 valence electrons. The predicted molar refractivity (Wildman–Crippen MR) is 148 cm³/mol. The first-order chi connectivity index (χ1) is 19.7. The van der Waals surface area contributed by atoms with Crippen LogP contribution in [0.5, 0.6) is 0 Å². The number of rotatable bonds is 6. The Labute approximate surface area is 238 Å². The largest absolute Gasteiger partial charge is 0.451 e. The molecule has 0 unspecified atom stereocenters. The maximum Gasteiger partial charge on any atom is 0.262 e. The summed E-state index contributed by atoms with van der Waals surface area (Å²) < 4.78 is 34.9. The second kappa shape index (κ2) is 10.7. The smallest absolute Gasteiger partial charge is 0.262 e. The van der Waals surface area contributed by atoms with Crippen LogP contribution in [0.1, 0.15) is 49.3 Å². The number of aromatic nitrogens is 3. The van der Waals surface area contributed by atoms with Crippen molar-refractivity contribution in [3.63, 3.8) is 0 Å². The van der Waals surface area contributed by atoms with Gasteiger partial charge in [-0.2, -0.15) is 0 Å². The average molecular weight is 585 g/mol. The van der Waals surface area contributed by atoms with Crippen LogP contribution in [0.15, 0.2) is 57.8 Å². The maximum absolute atomic E-state index is 14.2. The Morgan fingerprint density at radius 3 is 2.59 bits per heavy atom. The van der Waals surface area contributed by atoms with Crippen LogP contribution < -0.4 is 5.56 Å². The van der Waals surface area contributed by atoms with Crippen molar-refractivity contribution in [2.45, 2.75) is 62.7 Å². The molecule has 1 aliphatic carbocycles. The Morgan fingerprint density at radius 2 is 1.90 bits per heavy atom. The third kappa shape index (κ3) is 5.43. The summed E-state index contributed by atoms with van der Waals surface area (Å²) >= 11 is 1.41. The minimum absolute atomic E-state index is 0.0321. The number of benzene rings is 1. The number of amides is 1. The van der Waals surface area contributed by atoms with E-state index in [9.17, 15) is 28.6 Å². The fourth-order valence-corrected chi connectivity index (χ4v) is 7.04. The van der Waals surface area contributed by atoms with E-state index < -0.39 is 29.8 Å². The van der Waals surface area contributed by atoms with Gasteiger partial charge in [-0.1, -0.05) is 24.3 Å². The van der Waals surface area contributed by atoms with E-state index in [-0.39, 0.29) is 63.4 Å². The number of likely N-dealkylation sites (tertiary alicyclic amines) is 1. The first-order valence-electron chi connectivity index (χ1n) is 13.6. The van der Waals surface area contributed by atoms with Crippen molar-refractivity contribution in [1.29, 1.82) is 0 Å². The van der Waals surface area contributed by atoms with Gasteiger partial charge < -0.3 is 19.5 Å². The van der Waals surface area contributed by atoms with Gasteiger partial charge in [-0.25, -0.2) is 18.7 Å². The van der Waals surface area contributed by atoms with Crippen LogP contribution in [0.4, 0.5) is 8.78 Å². The molecule has 0 spiro atoms. The van der Waals surface area contributed by atoms with E-state index in [1.165, 1.54) is 34.9 Å². The molecule has 6 rings (SSSR count). The highest BCUT2D eigenvalue weighted by atomic mass is 32.1. The number of hydrogen-bond donors (Lipinski definition) is 2. The Balaban J connectivity index is 1.14. The van der Waals surface area contributed by atoms with Crippen LogP contribution in [0.25, 0.3) is 21.3 Å². The van der Waals surface area contributed by atoms with Gasteiger partial charge in [0, 0.05) is 43.1 Å². The molecule has 12 heteroatoms. The van der Waals surface area contributed by atoms with Gasteiger partial charge in [0.05, 0.1) is 46.6 Å². The number of aliphatic hydroxyl groups excluding tert-OH is 1. The summed E-state index contributed by atoms with van der Waals surface area (Å²) in [4.78, 5) is 37.8. The summed E-state index contributed by atoms with van der Waals surface area (Å²) in [6, 6.07) is 7.42. The summed E-state index contributed by atoms with van der Waals surface area (Å²) in [5, 5.41) is 22.9. The molecule has 9 nitrogen and oxygen atoms in total. The standard InChI is InChI=1S/C29H30F2N4O5S/c30-29(31)6-5-20(21(11-29)23-13-40-17-33-23)26(37)34-9-7-28(39,8-10-34)15-35-16-32-24-22(27(35)38)14-41-25(24)19-3-1-18(12-36)2-4-19/h1-4,13-14,16-17,20-21,36,39H,5-12,15H2/t20-,21-/m1/s1. The molecule has 4 aromatic rings. The molecule has 4 heterocycles. The molecule has 2 N–H and O–H groups in total. The van der Waals surface area contributed by atoms with Crippen LogP contribution in [0.3, 0.4) is 0 Å². The van der Waals surface area contributed by atoms with Crippen LogP contribution in [-0.4, -0.2) is 60.2 Å². The molecule has 1 amide bonds. The highest BCUT2D eigenvalue weighted by molar-refractivity contribution is 7.15. The number of nitrogens with zero attached hydrogens (tertiary/aromatic N) is 4. The zero-order valence-corrected chi connectivity index (χ0v) is 23.0. The van der Waals surface area contributed by atoms with E-state index in [0.717, 1.165) is 16.0 Å². The van der Waals surface area contributed by atoms with E-state index in [2.05, 4.69) is 9.97 Å². The highest BCUT2D eigenvalue weighted by Crippen LogP contribution is 2.46.